The molecule has 8 heteroatoms. The number of benzene rings is 2. The zero-order valence-electron chi connectivity index (χ0n) is 18.1. The quantitative estimate of drug-likeness (QED) is 0.733. The highest BCUT2D eigenvalue weighted by atomic mass is 35.5. The first kappa shape index (κ1) is 22.9. The van der Waals surface area contributed by atoms with E-state index in [1.54, 1.807) is 61.2 Å². The van der Waals surface area contributed by atoms with E-state index >= 15 is 0 Å². The van der Waals surface area contributed by atoms with Gasteiger partial charge in [0.2, 0.25) is 0 Å². The Hall–Kier alpha value is -2.79. The Morgan fingerprint density at radius 1 is 1.23 bits per heavy atom. The smallest absolute Gasteiger partial charge is 0.322 e. The number of ether oxygens (including phenoxy) is 1. The van der Waals surface area contributed by atoms with Crippen molar-refractivity contribution in [3.63, 3.8) is 0 Å². The number of anilines is 1. The Bertz CT molecular complexity index is 985. The highest BCUT2D eigenvalue weighted by Crippen LogP contribution is 2.43. The number of hydrogen-bond acceptors (Lipinski definition) is 5. The van der Waals surface area contributed by atoms with Crippen LogP contribution in [0.1, 0.15) is 31.0 Å². The fraction of sp³-hybridized carbons (Fsp3) is 0.391. The molecule has 1 heterocycles. The molecule has 2 aromatic carbocycles. The number of nitriles is 1. The lowest BCUT2D eigenvalue weighted by molar-refractivity contribution is -0.0845. The topological polar surface area (TPSA) is 88.8 Å². The van der Waals surface area contributed by atoms with Gasteiger partial charge in [0.25, 0.3) is 0 Å². The van der Waals surface area contributed by atoms with Crippen LogP contribution >= 0.6 is 11.6 Å². The first-order valence-electron chi connectivity index (χ1n) is 10.0. The monoisotopic (exact) mass is 442 g/mol. The van der Waals surface area contributed by atoms with Gasteiger partial charge in [-0.1, -0.05) is 11.6 Å². The average molecular weight is 443 g/mol. The molecule has 0 radical (unpaired) electrons. The second kappa shape index (κ2) is 9.15. The van der Waals surface area contributed by atoms with Crippen molar-refractivity contribution in [2.24, 2.45) is 0 Å². The lowest BCUT2D eigenvalue weighted by Crippen LogP contribution is -2.56. The SMILES string of the molecule is CN(C)CCN(C(=O)Nc1ccc(Cl)cc1)[C@@H]1c2cc(C#N)ccc2OC(C)(C)[C@H]1O. The first-order valence-corrected chi connectivity index (χ1v) is 10.4. The molecule has 2 aromatic rings. The largest absolute Gasteiger partial charge is 0.485 e. The van der Waals surface area contributed by atoms with Crippen molar-refractivity contribution in [1.29, 1.82) is 5.26 Å². The third kappa shape index (κ3) is 5.10. The molecule has 0 bridgehead atoms. The number of likely N-dealkylation sites (N-methyl/N-ethyl adjacent to an activating group) is 1. The van der Waals surface area contributed by atoms with Gasteiger partial charge in [-0.3, -0.25) is 0 Å². The fourth-order valence-electron chi connectivity index (χ4n) is 3.58. The Morgan fingerprint density at radius 3 is 2.52 bits per heavy atom. The van der Waals surface area contributed by atoms with Crippen LogP contribution < -0.4 is 10.1 Å². The van der Waals surface area contributed by atoms with Gasteiger partial charge in [-0.25, -0.2) is 4.79 Å². The molecule has 2 N–H and O–H groups in total. The van der Waals surface area contributed by atoms with Crippen LogP contribution in [-0.4, -0.2) is 59.8 Å². The maximum Gasteiger partial charge on any atom is 0.322 e. The van der Waals surface area contributed by atoms with Crippen LogP contribution in [0.25, 0.3) is 0 Å². The van der Waals surface area contributed by atoms with E-state index in [0.717, 1.165) is 0 Å². The van der Waals surface area contributed by atoms with E-state index in [0.29, 0.717) is 40.7 Å². The third-order valence-electron chi connectivity index (χ3n) is 5.32. The van der Waals surface area contributed by atoms with Crippen LogP contribution in [-0.2, 0) is 0 Å². The predicted octanol–water partition coefficient (Wildman–Crippen LogP) is 3.88. The number of halogens is 1. The van der Waals surface area contributed by atoms with E-state index in [2.05, 4.69) is 11.4 Å². The summed E-state index contributed by atoms with van der Waals surface area (Å²) in [6, 6.07) is 13.0. The van der Waals surface area contributed by atoms with Crippen molar-refractivity contribution in [3.8, 4) is 11.8 Å². The number of rotatable bonds is 5. The van der Waals surface area contributed by atoms with Gasteiger partial charge in [0.15, 0.2) is 0 Å². The zero-order chi connectivity index (χ0) is 22.8. The summed E-state index contributed by atoms with van der Waals surface area (Å²) in [6.45, 7) is 4.52. The fourth-order valence-corrected chi connectivity index (χ4v) is 3.70. The van der Waals surface area contributed by atoms with Crippen LogP contribution in [0.3, 0.4) is 0 Å². The minimum atomic E-state index is -1.01. The van der Waals surface area contributed by atoms with E-state index in [4.69, 9.17) is 16.3 Å². The molecule has 1 aliphatic rings. The lowest BCUT2D eigenvalue weighted by Gasteiger charge is -2.46. The van der Waals surface area contributed by atoms with Crippen molar-refractivity contribution in [2.75, 3.05) is 32.5 Å². The molecule has 164 valence electrons. The van der Waals surface area contributed by atoms with Crippen LogP contribution in [0.2, 0.25) is 5.02 Å². The summed E-state index contributed by atoms with van der Waals surface area (Å²) >= 11 is 5.95. The summed E-state index contributed by atoms with van der Waals surface area (Å²) in [7, 11) is 3.84. The molecular weight excluding hydrogens is 416 g/mol. The molecule has 1 aliphatic heterocycles. The van der Waals surface area contributed by atoms with E-state index in [1.165, 1.54) is 0 Å². The summed E-state index contributed by atoms with van der Waals surface area (Å²) in [4.78, 5) is 16.9. The number of fused-ring (bicyclic) bond motifs is 1. The van der Waals surface area contributed by atoms with Crippen molar-refractivity contribution in [2.45, 2.75) is 31.6 Å². The molecule has 0 fully saturated rings. The molecule has 7 nitrogen and oxygen atoms in total. The van der Waals surface area contributed by atoms with Crippen molar-refractivity contribution < 1.29 is 14.6 Å². The standard InChI is InChI=1S/C23H27ClN4O3/c1-23(2)21(29)20(18-13-15(14-25)5-10-19(18)31-23)28(12-11-27(3)4)22(30)26-17-8-6-16(24)7-9-17/h5-10,13,20-21,29H,11-12H2,1-4H3,(H,26,30)/t20-,21+/m1/s1. The Balaban J connectivity index is 2.03. The summed E-state index contributed by atoms with van der Waals surface area (Å²) < 4.78 is 6.01. The molecule has 0 spiro atoms. The Morgan fingerprint density at radius 2 is 1.90 bits per heavy atom. The van der Waals surface area contributed by atoms with Crippen LogP contribution in [0.5, 0.6) is 5.75 Å². The van der Waals surface area contributed by atoms with E-state index in [1.807, 2.05) is 19.0 Å². The summed E-state index contributed by atoms with van der Waals surface area (Å²) in [6.07, 6.45) is -1.01. The van der Waals surface area contributed by atoms with E-state index in [-0.39, 0.29) is 6.03 Å². The number of amides is 2. The van der Waals surface area contributed by atoms with Gasteiger partial charge in [-0.05, 0) is 70.4 Å². The maximum absolute atomic E-state index is 13.4. The van der Waals surface area contributed by atoms with Crippen molar-refractivity contribution in [3.05, 3.63) is 58.6 Å². The molecule has 3 rings (SSSR count). The minimum Gasteiger partial charge on any atom is -0.485 e. The summed E-state index contributed by atoms with van der Waals surface area (Å²) in [5.74, 6) is 0.549. The highest BCUT2D eigenvalue weighted by molar-refractivity contribution is 6.30. The molecule has 2 atom stereocenters. The molecular formula is C23H27ClN4O3. The number of urea groups is 1. The highest BCUT2D eigenvalue weighted by Gasteiger charge is 2.46. The normalized spacial score (nSPS) is 19.2. The molecule has 0 aromatic heterocycles. The first-order chi connectivity index (χ1) is 14.6. The van der Waals surface area contributed by atoms with Gasteiger partial charge in [0.05, 0.1) is 17.7 Å². The maximum atomic E-state index is 13.4. The second-order valence-corrected chi connectivity index (χ2v) is 8.83. The van der Waals surface area contributed by atoms with Crippen LogP contribution in [0.15, 0.2) is 42.5 Å². The van der Waals surface area contributed by atoms with Gasteiger partial charge in [-0.15, -0.1) is 0 Å². The number of carbonyl (C=O) groups is 1. The van der Waals surface area contributed by atoms with Gasteiger partial charge < -0.3 is 25.0 Å². The predicted molar refractivity (Wildman–Crippen MR) is 120 cm³/mol. The van der Waals surface area contributed by atoms with E-state index in [9.17, 15) is 15.2 Å². The number of nitrogens with one attached hydrogen (secondary N) is 1. The molecule has 31 heavy (non-hydrogen) atoms. The molecule has 2 amide bonds. The van der Waals surface area contributed by atoms with Crippen molar-refractivity contribution in [1.82, 2.24) is 9.80 Å². The average Bonchev–Trinajstić information content (AvgIpc) is 2.71. The Labute approximate surface area is 187 Å². The summed E-state index contributed by atoms with van der Waals surface area (Å²) in [5, 5.41) is 24.1. The number of aliphatic hydroxyl groups is 1. The molecule has 0 unspecified atom stereocenters. The second-order valence-electron chi connectivity index (χ2n) is 8.39. The molecule has 0 saturated carbocycles. The van der Waals surface area contributed by atoms with Crippen molar-refractivity contribution >= 4 is 23.3 Å². The lowest BCUT2D eigenvalue weighted by atomic mass is 9.85. The number of aliphatic hydroxyl groups excluding tert-OH is 1. The van der Waals surface area contributed by atoms with Crippen LogP contribution in [0, 0.1) is 11.3 Å². The van der Waals surface area contributed by atoms with Crippen LogP contribution in [0.4, 0.5) is 10.5 Å². The number of hydrogen-bond donors (Lipinski definition) is 2. The summed E-state index contributed by atoms with van der Waals surface area (Å²) in [5.41, 5.74) is 0.708. The van der Waals surface area contributed by atoms with Gasteiger partial charge >= 0.3 is 6.03 Å². The molecule has 0 saturated heterocycles. The third-order valence-corrected chi connectivity index (χ3v) is 5.57. The number of carbonyl (C=O) groups excluding carboxylic acids is 1. The number of nitrogens with zero attached hydrogens (tertiary/aromatic N) is 3. The Kier molecular flexibility index (Phi) is 6.75. The van der Waals surface area contributed by atoms with Gasteiger partial charge in [-0.2, -0.15) is 5.26 Å². The van der Waals surface area contributed by atoms with Gasteiger partial charge in [0, 0.05) is 29.4 Å². The van der Waals surface area contributed by atoms with E-state index < -0.39 is 17.7 Å². The molecule has 0 aliphatic carbocycles. The van der Waals surface area contributed by atoms with Gasteiger partial charge in [0.1, 0.15) is 17.5 Å². The zero-order valence-corrected chi connectivity index (χ0v) is 18.8. The minimum absolute atomic E-state index is 0.362.